The van der Waals surface area contributed by atoms with E-state index in [4.69, 9.17) is 0 Å². The average molecular weight is 140 g/mol. The van der Waals surface area contributed by atoms with Crippen molar-refractivity contribution >= 4 is 0 Å². The highest BCUT2D eigenvalue weighted by Gasteiger charge is 2.32. The van der Waals surface area contributed by atoms with Crippen LogP contribution in [0.2, 0.25) is 0 Å². The van der Waals surface area contributed by atoms with Gasteiger partial charge in [-0.2, -0.15) is 0 Å². The molecular weight excluding hydrogens is 124 g/mol. The van der Waals surface area contributed by atoms with Gasteiger partial charge in [0.25, 0.3) is 0 Å². The smallest absolute Gasteiger partial charge is 0.0246 e. The number of hydrogen-bond donors (Lipinski definition) is 1. The lowest BCUT2D eigenvalue weighted by Gasteiger charge is -2.35. The largest absolute Gasteiger partial charge is 0.311 e. The van der Waals surface area contributed by atoms with E-state index in [1.54, 1.807) is 0 Å². The Bertz CT molecular complexity index is 124. The summed E-state index contributed by atoms with van der Waals surface area (Å²) in [6.07, 6.45) is 4.23. The number of rotatable bonds is 0. The molecule has 2 fully saturated rings. The topological polar surface area (TPSA) is 15.3 Å². The second-order valence-corrected chi connectivity index (χ2v) is 3.54. The van der Waals surface area contributed by atoms with Crippen LogP contribution in [0.3, 0.4) is 0 Å². The van der Waals surface area contributed by atoms with Gasteiger partial charge in [-0.05, 0) is 19.9 Å². The average Bonchev–Trinajstić information content (AvgIpc) is 2.36. The third-order valence-electron chi connectivity index (χ3n) is 2.92. The van der Waals surface area contributed by atoms with E-state index in [1.165, 1.54) is 32.4 Å². The number of hydrogen-bond acceptors (Lipinski definition) is 2. The highest BCUT2D eigenvalue weighted by atomic mass is 15.2. The monoisotopic (exact) mass is 140 g/mol. The van der Waals surface area contributed by atoms with E-state index in [0.29, 0.717) is 0 Å². The van der Waals surface area contributed by atoms with Gasteiger partial charge >= 0.3 is 0 Å². The summed E-state index contributed by atoms with van der Waals surface area (Å²) in [5.74, 6) is 0. The molecule has 0 bridgehead atoms. The number of nitrogens with zero attached hydrogens (tertiary/aromatic N) is 1. The Labute approximate surface area is 62.6 Å². The minimum Gasteiger partial charge on any atom is -0.311 e. The summed E-state index contributed by atoms with van der Waals surface area (Å²) in [7, 11) is 2.25. The SMILES string of the molecule is CN1CCN[C@@H]2CCC[C@@H]21. The molecular formula is C8H16N2. The highest BCUT2D eigenvalue weighted by Crippen LogP contribution is 2.24. The summed E-state index contributed by atoms with van der Waals surface area (Å²) >= 11 is 0. The summed E-state index contributed by atoms with van der Waals surface area (Å²) in [5.41, 5.74) is 0. The Hall–Kier alpha value is -0.0800. The molecule has 2 aliphatic rings. The van der Waals surface area contributed by atoms with Crippen LogP contribution in [-0.2, 0) is 0 Å². The van der Waals surface area contributed by atoms with E-state index >= 15 is 0 Å². The molecule has 1 aliphatic heterocycles. The van der Waals surface area contributed by atoms with Crippen LogP contribution >= 0.6 is 0 Å². The molecule has 1 saturated carbocycles. The third kappa shape index (κ3) is 0.956. The van der Waals surface area contributed by atoms with E-state index in [2.05, 4.69) is 17.3 Å². The highest BCUT2D eigenvalue weighted by molar-refractivity contribution is 4.92. The van der Waals surface area contributed by atoms with Crippen LogP contribution in [0.25, 0.3) is 0 Å². The van der Waals surface area contributed by atoms with Crippen LogP contribution in [0.5, 0.6) is 0 Å². The maximum absolute atomic E-state index is 3.57. The van der Waals surface area contributed by atoms with Crippen LogP contribution in [-0.4, -0.2) is 37.1 Å². The quantitative estimate of drug-likeness (QED) is 0.525. The van der Waals surface area contributed by atoms with Crippen LogP contribution in [0.15, 0.2) is 0 Å². The van der Waals surface area contributed by atoms with Crippen molar-refractivity contribution < 1.29 is 0 Å². The molecule has 2 nitrogen and oxygen atoms in total. The number of fused-ring (bicyclic) bond motifs is 1. The molecule has 0 aromatic carbocycles. The lowest BCUT2D eigenvalue weighted by Crippen LogP contribution is -2.53. The zero-order valence-electron chi connectivity index (χ0n) is 6.64. The summed E-state index contributed by atoms with van der Waals surface area (Å²) in [4.78, 5) is 2.51. The predicted molar refractivity (Wildman–Crippen MR) is 42.1 cm³/mol. The van der Waals surface area contributed by atoms with Gasteiger partial charge in [0.05, 0.1) is 0 Å². The van der Waals surface area contributed by atoms with E-state index in [1.807, 2.05) is 0 Å². The molecule has 10 heavy (non-hydrogen) atoms. The molecule has 0 aromatic heterocycles. The van der Waals surface area contributed by atoms with Gasteiger partial charge in [0, 0.05) is 25.2 Å². The molecule has 1 N–H and O–H groups in total. The molecule has 0 unspecified atom stereocenters. The minimum absolute atomic E-state index is 0.818. The molecule has 1 heterocycles. The third-order valence-corrected chi connectivity index (χ3v) is 2.92. The summed E-state index contributed by atoms with van der Waals surface area (Å²) < 4.78 is 0. The predicted octanol–water partition coefficient (Wildman–Crippen LogP) is 0.442. The molecule has 2 heteroatoms. The first-order chi connectivity index (χ1) is 4.88. The van der Waals surface area contributed by atoms with Gasteiger partial charge in [-0.25, -0.2) is 0 Å². The molecule has 0 aromatic rings. The Kier molecular flexibility index (Phi) is 1.66. The van der Waals surface area contributed by atoms with Gasteiger partial charge in [0.15, 0.2) is 0 Å². The van der Waals surface area contributed by atoms with Crippen LogP contribution in [0, 0.1) is 0 Å². The van der Waals surface area contributed by atoms with E-state index in [9.17, 15) is 0 Å². The van der Waals surface area contributed by atoms with Crippen LogP contribution in [0.4, 0.5) is 0 Å². The summed E-state index contributed by atoms with van der Waals surface area (Å²) in [5, 5.41) is 3.57. The first-order valence-electron chi connectivity index (χ1n) is 4.31. The van der Waals surface area contributed by atoms with Crippen molar-refractivity contribution in [1.29, 1.82) is 0 Å². The lowest BCUT2D eigenvalue weighted by molar-refractivity contribution is 0.171. The van der Waals surface area contributed by atoms with Gasteiger partial charge in [-0.3, -0.25) is 0 Å². The zero-order chi connectivity index (χ0) is 6.97. The van der Waals surface area contributed by atoms with E-state index < -0.39 is 0 Å². The molecule has 1 aliphatic carbocycles. The van der Waals surface area contributed by atoms with Crippen molar-refractivity contribution in [3.8, 4) is 0 Å². The Morgan fingerprint density at radius 2 is 2.30 bits per heavy atom. The normalized spacial score (nSPS) is 41.7. The number of likely N-dealkylation sites (N-methyl/N-ethyl adjacent to an activating group) is 1. The summed E-state index contributed by atoms with van der Waals surface area (Å²) in [6.45, 7) is 2.43. The first-order valence-corrected chi connectivity index (χ1v) is 4.31. The van der Waals surface area contributed by atoms with Crippen molar-refractivity contribution in [3.63, 3.8) is 0 Å². The van der Waals surface area contributed by atoms with Crippen molar-refractivity contribution in [3.05, 3.63) is 0 Å². The molecule has 1 saturated heterocycles. The number of nitrogens with one attached hydrogen (secondary N) is 1. The van der Waals surface area contributed by atoms with Crippen molar-refractivity contribution in [2.45, 2.75) is 31.3 Å². The van der Waals surface area contributed by atoms with Gasteiger partial charge in [-0.1, -0.05) is 6.42 Å². The van der Waals surface area contributed by atoms with E-state index in [0.717, 1.165) is 12.1 Å². The van der Waals surface area contributed by atoms with Crippen LogP contribution < -0.4 is 5.32 Å². The van der Waals surface area contributed by atoms with Crippen LogP contribution in [0.1, 0.15) is 19.3 Å². The zero-order valence-corrected chi connectivity index (χ0v) is 6.64. The fourth-order valence-electron chi connectivity index (χ4n) is 2.30. The minimum atomic E-state index is 0.818. The van der Waals surface area contributed by atoms with Gasteiger partial charge in [0.1, 0.15) is 0 Å². The van der Waals surface area contributed by atoms with Gasteiger partial charge in [-0.15, -0.1) is 0 Å². The molecule has 0 radical (unpaired) electrons. The molecule has 58 valence electrons. The number of piperazine rings is 1. The summed E-state index contributed by atoms with van der Waals surface area (Å²) in [6, 6.07) is 1.67. The Morgan fingerprint density at radius 3 is 3.10 bits per heavy atom. The van der Waals surface area contributed by atoms with Gasteiger partial charge in [0.2, 0.25) is 0 Å². The maximum atomic E-state index is 3.57. The second-order valence-electron chi connectivity index (χ2n) is 3.54. The first kappa shape index (κ1) is 6.62. The Morgan fingerprint density at radius 1 is 1.40 bits per heavy atom. The maximum Gasteiger partial charge on any atom is 0.0246 e. The van der Waals surface area contributed by atoms with Gasteiger partial charge < -0.3 is 10.2 Å². The van der Waals surface area contributed by atoms with Crippen molar-refractivity contribution in [2.75, 3.05) is 20.1 Å². The molecule has 2 rings (SSSR count). The fraction of sp³-hybridized carbons (Fsp3) is 1.00. The second kappa shape index (κ2) is 2.51. The lowest BCUT2D eigenvalue weighted by atomic mass is 10.1. The van der Waals surface area contributed by atoms with Crippen molar-refractivity contribution in [1.82, 2.24) is 10.2 Å². The van der Waals surface area contributed by atoms with E-state index in [-0.39, 0.29) is 0 Å². The fourth-order valence-corrected chi connectivity index (χ4v) is 2.30. The molecule has 0 spiro atoms. The van der Waals surface area contributed by atoms with Crippen molar-refractivity contribution in [2.24, 2.45) is 0 Å². The Balaban J connectivity index is 2.03. The standard InChI is InChI=1S/C8H16N2/c1-10-6-5-9-7-3-2-4-8(7)10/h7-9H,2-6H2,1H3/t7-,8+/m1/s1. The molecule has 2 atom stereocenters. The molecule has 0 amide bonds.